The highest BCUT2D eigenvalue weighted by Gasteiger charge is 2.34. The van der Waals surface area contributed by atoms with Gasteiger partial charge in [0.25, 0.3) is 0 Å². The van der Waals surface area contributed by atoms with Crippen molar-refractivity contribution in [3.8, 4) is 0 Å². The molecule has 1 aromatic carbocycles. The zero-order chi connectivity index (χ0) is 17.4. The van der Waals surface area contributed by atoms with E-state index in [0.29, 0.717) is 28.3 Å². The molecule has 1 aliphatic carbocycles. The molecule has 1 saturated heterocycles. The number of benzene rings is 1. The molecule has 1 unspecified atom stereocenters. The van der Waals surface area contributed by atoms with E-state index < -0.39 is 0 Å². The van der Waals surface area contributed by atoms with Crippen LogP contribution in [-0.2, 0) is 0 Å². The molecule has 1 atom stereocenters. The van der Waals surface area contributed by atoms with Crippen LogP contribution in [0.25, 0.3) is 0 Å². The zero-order valence-corrected chi connectivity index (χ0v) is 14.4. The summed E-state index contributed by atoms with van der Waals surface area (Å²) in [6, 6.07) is 7.71. The number of carbonyl (C=O) groups is 2. The van der Waals surface area contributed by atoms with Crippen molar-refractivity contribution in [1.82, 2.24) is 9.80 Å². The van der Waals surface area contributed by atoms with Crippen LogP contribution in [0, 0.1) is 0 Å². The summed E-state index contributed by atoms with van der Waals surface area (Å²) in [5, 5.41) is 0. The van der Waals surface area contributed by atoms with E-state index in [1.165, 1.54) is 19.4 Å². The third-order valence-electron chi connectivity index (χ3n) is 5.44. The van der Waals surface area contributed by atoms with Crippen LogP contribution in [0.3, 0.4) is 0 Å². The fraction of sp³-hybridized carbons (Fsp3) is 0.333. The Labute approximate surface area is 148 Å². The molecular weight excluding hydrogens is 312 g/mol. The van der Waals surface area contributed by atoms with E-state index in [1.807, 2.05) is 24.6 Å². The number of carbonyl (C=O) groups excluding carboxylic acids is 2. The Morgan fingerprint density at radius 2 is 1.68 bits per heavy atom. The SMILES string of the molecule is CN1CCCC1CCN1C=CC(=C2C(=O)c3ccccc3C2=O)C=C1. The maximum Gasteiger partial charge on any atom is 0.198 e. The van der Waals surface area contributed by atoms with Gasteiger partial charge in [-0.2, -0.15) is 0 Å². The molecular formula is C21H22N2O2. The van der Waals surface area contributed by atoms with Crippen molar-refractivity contribution in [3.05, 3.63) is 71.1 Å². The Morgan fingerprint density at radius 3 is 2.24 bits per heavy atom. The van der Waals surface area contributed by atoms with E-state index in [0.717, 1.165) is 13.0 Å². The highest BCUT2D eigenvalue weighted by molar-refractivity contribution is 6.40. The van der Waals surface area contributed by atoms with Crippen molar-refractivity contribution in [1.29, 1.82) is 0 Å². The molecule has 1 aromatic rings. The van der Waals surface area contributed by atoms with Gasteiger partial charge < -0.3 is 9.80 Å². The third kappa shape index (κ3) is 2.87. The molecule has 1 fully saturated rings. The number of likely N-dealkylation sites (tertiary alicyclic amines) is 1. The zero-order valence-electron chi connectivity index (χ0n) is 14.4. The summed E-state index contributed by atoms with van der Waals surface area (Å²) in [7, 11) is 2.19. The Hall–Kier alpha value is -2.46. The number of hydrogen-bond acceptors (Lipinski definition) is 4. The Balaban J connectivity index is 1.48. The van der Waals surface area contributed by atoms with E-state index in [2.05, 4.69) is 16.8 Å². The summed E-state index contributed by atoms with van der Waals surface area (Å²) in [6.07, 6.45) is 11.4. The molecule has 0 aromatic heterocycles. The molecule has 0 N–H and O–H groups in total. The van der Waals surface area contributed by atoms with Crippen LogP contribution in [0.15, 0.2) is 60.0 Å². The van der Waals surface area contributed by atoms with Gasteiger partial charge in [-0.25, -0.2) is 0 Å². The number of rotatable bonds is 3. The molecule has 3 aliphatic rings. The summed E-state index contributed by atoms with van der Waals surface area (Å²) >= 11 is 0. The first-order valence-electron chi connectivity index (χ1n) is 8.90. The van der Waals surface area contributed by atoms with Crippen molar-refractivity contribution in [3.63, 3.8) is 0 Å². The smallest absolute Gasteiger partial charge is 0.198 e. The van der Waals surface area contributed by atoms with Crippen molar-refractivity contribution < 1.29 is 9.59 Å². The first-order chi connectivity index (χ1) is 12.1. The van der Waals surface area contributed by atoms with Crippen LogP contribution in [0.1, 0.15) is 40.0 Å². The van der Waals surface area contributed by atoms with Crippen molar-refractivity contribution in [2.45, 2.75) is 25.3 Å². The average Bonchev–Trinajstić information content (AvgIpc) is 3.16. The van der Waals surface area contributed by atoms with Crippen molar-refractivity contribution in [2.75, 3.05) is 20.1 Å². The van der Waals surface area contributed by atoms with Crippen LogP contribution in [0.5, 0.6) is 0 Å². The minimum atomic E-state index is -0.161. The van der Waals surface area contributed by atoms with Gasteiger partial charge in [-0.3, -0.25) is 9.59 Å². The lowest BCUT2D eigenvalue weighted by atomic mass is 10.0. The molecule has 2 aliphatic heterocycles. The number of hydrogen-bond donors (Lipinski definition) is 0. The number of fused-ring (bicyclic) bond motifs is 1. The molecule has 0 radical (unpaired) electrons. The average molecular weight is 334 g/mol. The quantitative estimate of drug-likeness (QED) is 0.629. The Morgan fingerprint density at radius 1 is 1.04 bits per heavy atom. The van der Waals surface area contributed by atoms with Gasteiger partial charge in [-0.1, -0.05) is 24.3 Å². The second kappa shape index (κ2) is 6.45. The van der Waals surface area contributed by atoms with Crippen molar-refractivity contribution >= 4 is 11.6 Å². The largest absolute Gasteiger partial charge is 0.354 e. The van der Waals surface area contributed by atoms with E-state index in [-0.39, 0.29) is 11.6 Å². The van der Waals surface area contributed by atoms with Crippen LogP contribution >= 0.6 is 0 Å². The van der Waals surface area contributed by atoms with Gasteiger partial charge in [-0.05, 0) is 50.6 Å². The lowest BCUT2D eigenvalue weighted by Crippen LogP contribution is -2.28. The van der Waals surface area contributed by atoms with Crippen LogP contribution in [0.2, 0.25) is 0 Å². The minimum Gasteiger partial charge on any atom is -0.354 e. The first-order valence-corrected chi connectivity index (χ1v) is 8.90. The highest BCUT2D eigenvalue weighted by atomic mass is 16.2. The highest BCUT2D eigenvalue weighted by Crippen LogP contribution is 2.30. The predicted molar refractivity (Wildman–Crippen MR) is 97.4 cm³/mol. The van der Waals surface area contributed by atoms with Crippen molar-refractivity contribution in [2.24, 2.45) is 0 Å². The van der Waals surface area contributed by atoms with Gasteiger partial charge in [0.1, 0.15) is 0 Å². The topological polar surface area (TPSA) is 40.6 Å². The van der Waals surface area contributed by atoms with E-state index in [9.17, 15) is 9.59 Å². The Kier molecular flexibility index (Phi) is 4.14. The molecule has 4 heteroatoms. The summed E-state index contributed by atoms with van der Waals surface area (Å²) in [6.45, 7) is 2.14. The Bertz CT molecular complexity index is 766. The van der Waals surface area contributed by atoms with Gasteiger partial charge >= 0.3 is 0 Å². The number of ketones is 2. The molecule has 0 amide bonds. The number of allylic oxidation sites excluding steroid dienone is 4. The molecule has 25 heavy (non-hydrogen) atoms. The monoisotopic (exact) mass is 334 g/mol. The van der Waals surface area contributed by atoms with Crippen LogP contribution in [0.4, 0.5) is 0 Å². The van der Waals surface area contributed by atoms with Gasteiger partial charge in [0.15, 0.2) is 11.6 Å². The van der Waals surface area contributed by atoms with E-state index in [4.69, 9.17) is 0 Å². The molecule has 128 valence electrons. The van der Waals surface area contributed by atoms with Gasteiger partial charge in [0.05, 0.1) is 5.57 Å². The van der Waals surface area contributed by atoms with E-state index in [1.54, 1.807) is 24.3 Å². The molecule has 4 rings (SSSR count). The number of Topliss-reactive ketones (excluding diaryl/α,β-unsaturated/α-hetero) is 2. The minimum absolute atomic E-state index is 0.161. The summed E-state index contributed by atoms with van der Waals surface area (Å²) in [5.74, 6) is -0.322. The fourth-order valence-corrected chi connectivity index (χ4v) is 3.93. The fourth-order valence-electron chi connectivity index (χ4n) is 3.93. The third-order valence-corrected chi connectivity index (χ3v) is 5.44. The summed E-state index contributed by atoms with van der Waals surface area (Å²) in [4.78, 5) is 29.7. The van der Waals surface area contributed by atoms with Gasteiger partial charge in [0, 0.05) is 36.1 Å². The van der Waals surface area contributed by atoms with Gasteiger partial charge in [0.2, 0.25) is 0 Å². The maximum absolute atomic E-state index is 12.6. The second-order valence-electron chi connectivity index (χ2n) is 6.97. The van der Waals surface area contributed by atoms with Crippen LogP contribution in [-0.4, -0.2) is 47.5 Å². The first kappa shape index (κ1) is 16.0. The molecule has 2 heterocycles. The molecule has 0 saturated carbocycles. The summed E-state index contributed by atoms with van der Waals surface area (Å²) in [5.41, 5.74) is 2.04. The van der Waals surface area contributed by atoms with Gasteiger partial charge in [-0.15, -0.1) is 0 Å². The number of nitrogens with zero attached hydrogens (tertiary/aromatic N) is 2. The molecule has 4 nitrogen and oxygen atoms in total. The summed E-state index contributed by atoms with van der Waals surface area (Å²) < 4.78 is 0. The lowest BCUT2D eigenvalue weighted by molar-refractivity contribution is 0.0988. The molecule has 0 spiro atoms. The molecule has 0 bridgehead atoms. The standard InChI is InChI=1S/C21H22N2O2/c1-22-11-4-5-16(22)10-14-23-12-8-15(9-13-23)19-20(24)17-6-2-3-7-18(17)21(19)25/h2-3,6-9,12-13,16H,4-5,10-11,14H2,1H3. The maximum atomic E-state index is 12.6. The van der Waals surface area contributed by atoms with Crippen LogP contribution < -0.4 is 0 Å². The van der Waals surface area contributed by atoms with E-state index >= 15 is 0 Å². The normalized spacial score (nSPS) is 23.1. The lowest BCUT2D eigenvalue weighted by Gasteiger charge is -2.24. The predicted octanol–water partition coefficient (Wildman–Crippen LogP) is 3.19. The second-order valence-corrected chi connectivity index (χ2v) is 6.97.